The van der Waals surface area contributed by atoms with Gasteiger partial charge in [0.15, 0.2) is 11.5 Å². The summed E-state index contributed by atoms with van der Waals surface area (Å²) in [4.78, 5) is 18.0. The summed E-state index contributed by atoms with van der Waals surface area (Å²) in [5, 5.41) is 0.663. The van der Waals surface area contributed by atoms with Crippen molar-refractivity contribution in [3.63, 3.8) is 0 Å². The summed E-state index contributed by atoms with van der Waals surface area (Å²) in [7, 11) is 3.80. The summed E-state index contributed by atoms with van der Waals surface area (Å²) >= 11 is 6.24. The number of carbonyl (C=O) groups is 1. The summed E-state index contributed by atoms with van der Waals surface area (Å²) < 4.78 is 11.9. The first-order valence-electron chi connectivity index (χ1n) is 13.2. The zero-order valence-electron chi connectivity index (χ0n) is 22.0. The molecule has 1 aliphatic carbocycles. The van der Waals surface area contributed by atoms with Crippen molar-refractivity contribution < 1.29 is 14.3 Å². The smallest absolute Gasteiger partial charge is 0.232 e. The van der Waals surface area contributed by atoms with Crippen molar-refractivity contribution in [3.05, 3.63) is 82.4 Å². The summed E-state index contributed by atoms with van der Waals surface area (Å²) in [6.07, 6.45) is 5.00. The van der Waals surface area contributed by atoms with E-state index >= 15 is 0 Å². The van der Waals surface area contributed by atoms with Crippen LogP contribution in [0.25, 0.3) is 0 Å². The molecule has 1 amide bonds. The second-order valence-corrected chi connectivity index (χ2v) is 10.6. The summed E-state index contributed by atoms with van der Waals surface area (Å²) in [6.45, 7) is 4.14. The molecule has 0 N–H and O–H groups in total. The van der Waals surface area contributed by atoms with E-state index in [1.165, 1.54) is 24.9 Å². The summed E-state index contributed by atoms with van der Waals surface area (Å²) in [6, 6.07) is 20.5. The largest absolute Gasteiger partial charge is 0.493 e. The van der Waals surface area contributed by atoms with Crippen molar-refractivity contribution in [2.75, 3.05) is 24.0 Å². The molecule has 1 aliphatic heterocycles. The van der Waals surface area contributed by atoms with Crippen molar-refractivity contribution in [2.45, 2.75) is 64.1 Å². The number of benzene rings is 3. The quantitative estimate of drug-likeness (QED) is 0.316. The predicted molar refractivity (Wildman–Crippen MR) is 150 cm³/mol. The Balaban J connectivity index is 1.59. The van der Waals surface area contributed by atoms with E-state index in [9.17, 15) is 4.79 Å². The van der Waals surface area contributed by atoms with Crippen LogP contribution in [0, 0.1) is 0 Å². The van der Waals surface area contributed by atoms with Gasteiger partial charge in [0, 0.05) is 29.5 Å². The molecule has 6 heteroatoms. The van der Waals surface area contributed by atoms with Crippen LogP contribution >= 0.6 is 11.6 Å². The Morgan fingerprint density at radius 2 is 1.76 bits per heavy atom. The van der Waals surface area contributed by atoms with E-state index < -0.39 is 0 Å². The standard InChI is InChI=1S/C31H35ClN2O3/c1-5-20(2)37-29-19-27-22(17-28(29)36-4)18-30(35)34(31(27)21-9-11-23(32)12-10-21)26-15-13-25(14-16-26)33(3)24-7-6-8-24/h9-17,19-20,24,31H,5-8,18H2,1-4H3. The van der Waals surface area contributed by atoms with Crippen LogP contribution in [0.2, 0.25) is 5.02 Å². The van der Waals surface area contributed by atoms with E-state index in [0.29, 0.717) is 29.0 Å². The Morgan fingerprint density at radius 1 is 1.05 bits per heavy atom. The predicted octanol–water partition coefficient (Wildman–Crippen LogP) is 7.19. The number of hydrogen-bond donors (Lipinski definition) is 0. The van der Waals surface area contributed by atoms with Crippen molar-refractivity contribution in [1.29, 1.82) is 0 Å². The van der Waals surface area contributed by atoms with Gasteiger partial charge in [-0.15, -0.1) is 0 Å². The van der Waals surface area contributed by atoms with Crippen molar-refractivity contribution >= 4 is 28.9 Å². The first kappa shape index (κ1) is 25.5. The first-order valence-corrected chi connectivity index (χ1v) is 13.5. The van der Waals surface area contributed by atoms with Crippen LogP contribution in [0.5, 0.6) is 11.5 Å². The highest BCUT2D eigenvalue weighted by Crippen LogP contribution is 2.44. The van der Waals surface area contributed by atoms with E-state index in [1.54, 1.807) is 7.11 Å². The number of fused-ring (bicyclic) bond motifs is 1. The molecule has 194 valence electrons. The molecule has 1 heterocycles. The Hall–Kier alpha value is -3.18. The Bertz CT molecular complexity index is 1250. The fourth-order valence-electron chi connectivity index (χ4n) is 5.21. The fraction of sp³-hybridized carbons (Fsp3) is 0.387. The van der Waals surface area contributed by atoms with Gasteiger partial charge >= 0.3 is 0 Å². The molecule has 0 saturated heterocycles. The average Bonchev–Trinajstić information content (AvgIpc) is 2.87. The number of nitrogens with zero attached hydrogens (tertiary/aromatic N) is 2. The number of amides is 1. The van der Waals surface area contributed by atoms with Crippen molar-refractivity contribution in [1.82, 2.24) is 0 Å². The van der Waals surface area contributed by atoms with E-state index in [-0.39, 0.29) is 18.1 Å². The van der Waals surface area contributed by atoms with Gasteiger partial charge in [-0.25, -0.2) is 0 Å². The molecule has 1 fully saturated rings. The molecule has 2 atom stereocenters. The van der Waals surface area contributed by atoms with Crippen LogP contribution in [0.1, 0.15) is 62.3 Å². The van der Waals surface area contributed by atoms with Crippen LogP contribution in [-0.4, -0.2) is 32.2 Å². The SMILES string of the molecule is CCC(C)Oc1cc2c(cc1OC)CC(=O)N(c1ccc(N(C)C3CCC3)cc1)C2c1ccc(Cl)cc1. The lowest BCUT2D eigenvalue weighted by Gasteiger charge is -2.39. The van der Waals surface area contributed by atoms with Crippen LogP contribution in [0.4, 0.5) is 11.4 Å². The number of ether oxygens (including phenoxy) is 2. The minimum atomic E-state index is -0.311. The number of rotatable bonds is 8. The molecule has 5 nitrogen and oxygen atoms in total. The number of methoxy groups -OCH3 is 1. The molecule has 0 radical (unpaired) electrons. The molecular formula is C31H35ClN2O3. The highest BCUT2D eigenvalue weighted by Gasteiger charge is 2.36. The molecule has 37 heavy (non-hydrogen) atoms. The van der Waals surface area contributed by atoms with Crippen molar-refractivity contribution in [3.8, 4) is 11.5 Å². The molecule has 0 spiro atoms. The van der Waals surface area contributed by atoms with Gasteiger partial charge in [0.1, 0.15) is 0 Å². The van der Waals surface area contributed by atoms with Gasteiger partial charge in [0.05, 0.1) is 25.7 Å². The van der Waals surface area contributed by atoms with Gasteiger partial charge < -0.3 is 19.3 Å². The minimum Gasteiger partial charge on any atom is -0.493 e. The van der Waals surface area contributed by atoms with Crippen LogP contribution in [0.3, 0.4) is 0 Å². The van der Waals surface area contributed by atoms with E-state index in [0.717, 1.165) is 28.8 Å². The fourth-order valence-corrected chi connectivity index (χ4v) is 5.33. The number of anilines is 2. The highest BCUT2D eigenvalue weighted by molar-refractivity contribution is 6.30. The second kappa shape index (κ2) is 10.7. The monoisotopic (exact) mass is 518 g/mol. The maximum Gasteiger partial charge on any atom is 0.232 e. The van der Waals surface area contributed by atoms with Gasteiger partial charge in [-0.3, -0.25) is 4.79 Å². The van der Waals surface area contributed by atoms with Gasteiger partial charge in [-0.05, 0) is 97.8 Å². The summed E-state index contributed by atoms with van der Waals surface area (Å²) in [5.41, 5.74) is 5.04. The molecule has 0 aromatic heterocycles. The molecule has 2 aliphatic rings. The maximum atomic E-state index is 13.7. The molecule has 5 rings (SSSR count). The van der Waals surface area contributed by atoms with Crippen molar-refractivity contribution in [2.24, 2.45) is 0 Å². The third-order valence-corrected chi connectivity index (χ3v) is 8.09. The topological polar surface area (TPSA) is 42.0 Å². The molecule has 3 aromatic rings. The Morgan fingerprint density at radius 3 is 2.35 bits per heavy atom. The minimum absolute atomic E-state index is 0.0439. The van der Waals surface area contributed by atoms with Crippen LogP contribution < -0.4 is 19.3 Å². The highest BCUT2D eigenvalue weighted by atomic mass is 35.5. The third kappa shape index (κ3) is 5.02. The molecule has 1 saturated carbocycles. The van der Waals surface area contributed by atoms with Gasteiger partial charge in [0.25, 0.3) is 0 Å². The molecular weight excluding hydrogens is 484 g/mol. The lowest BCUT2D eigenvalue weighted by atomic mass is 9.86. The van der Waals surface area contributed by atoms with Gasteiger partial charge in [0.2, 0.25) is 5.91 Å². The zero-order chi connectivity index (χ0) is 26.1. The maximum absolute atomic E-state index is 13.7. The normalized spacial score (nSPS) is 18.1. The second-order valence-electron chi connectivity index (χ2n) is 10.1. The van der Waals surface area contributed by atoms with Gasteiger partial charge in [-0.1, -0.05) is 30.7 Å². The number of carbonyl (C=O) groups excluding carboxylic acids is 1. The number of hydrogen-bond acceptors (Lipinski definition) is 4. The lowest BCUT2D eigenvalue weighted by molar-refractivity contribution is -0.118. The first-order chi connectivity index (χ1) is 17.9. The molecule has 3 aromatic carbocycles. The van der Waals surface area contributed by atoms with Gasteiger partial charge in [-0.2, -0.15) is 0 Å². The third-order valence-electron chi connectivity index (χ3n) is 7.84. The van der Waals surface area contributed by atoms with E-state index in [1.807, 2.05) is 42.2 Å². The Labute approximate surface area is 224 Å². The lowest BCUT2D eigenvalue weighted by Crippen LogP contribution is -2.41. The molecule has 0 bridgehead atoms. The summed E-state index contributed by atoms with van der Waals surface area (Å²) in [5.74, 6) is 1.39. The molecule has 2 unspecified atom stereocenters. The number of halogens is 1. The zero-order valence-corrected chi connectivity index (χ0v) is 22.8. The van der Waals surface area contributed by atoms with Crippen LogP contribution in [0.15, 0.2) is 60.7 Å². The van der Waals surface area contributed by atoms with Crippen LogP contribution in [-0.2, 0) is 11.2 Å². The van der Waals surface area contributed by atoms with E-state index in [4.69, 9.17) is 21.1 Å². The Kier molecular flexibility index (Phi) is 7.34. The average molecular weight is 519 g/mol. The van der Waals surface area contributed by atoms with E-state index in [2.05, 4.69) is 49.2 Å².